The van der Waals surface area contributed by atoms with Gasteiger partial charge >= 0.3 is 0 Å². The second-order valence-electron chi connectivity index (χ2n) is 13.9. The molecule has 0 fully saturated rings. The molecule has 0 aliphatic rings. The summed E-state index contributed by atoms with van der Waals surface area (Å²) in [5.41, 5.74) is 11.7. The molecule has 270 valence electrons. The van der Waals surface area contributed by atoms with Crippen molar-refractivity contribution in [3.63, 3.8) is 0 Å². The number of fused-ring (bicyclic) bond motifs is 6. The summed E-state index contributed by atoms with van der Waals surface area (Å²) in [4.78, 5) is 15.0. The van der Waals surface area contributed by atoms with Crippen LogP contribution in [0.15, 0.2) is 197 Å². The number of allylic oxidation sites excluding steroid dienone is 5. The predicted molar refractivity (Wildman–Crippen MR) is 235 cm³/mol. The minimum Gasteiger partial charge on any atom is -0.456 e. The van der Waals surface area contributed by atoms with E-state index in [-0.39, 0.29) is 0 Å². The molecular formula is C52H35N3O2. The molecule has 10 aromatic rings. The molecule has 0 radical (unpaired) electrons. The molecule has 0 amide bonds. The predicted octanol–water partition coefficient (Wildman–Crippen LogP) is 14.2. The Morgan fingerprint density at radius 1 is 0.386 bits per heavy atom. The van der Waals surface area contributed by atoms with Gasteiger partial charge in [-0.3, -0.25) is 0 Å². The lowest BCUT2D eigenvalue weighted by molar-refractivity contribution is 0.668. The lowest BCUT2D eigenvalue weighted by Crippen LogP contribution is -2.00. The van der Waals surface area contributed by atoms with Gasteiger partial charge in [-0.2, -0.15) is 0 Å². The Bertz CT molecular complexity index is 3170. The first-order chi connectivity index (χ1) is 28.2. The van der Waals surface area contributed by atoms with Gasteiger partial charge < -0.3 is 8.83 Å². The molecule has 5 heteroatoms. The van der Waals surface area contributed by atoms with Crippen LogP contribution in [-0.4, -0.2) is 15.0 Å². The molecule has 7 aromatic carbocycles. The van der Waals surface area contributed by atoms with Crippen LogP contribution in [0.1, 0.15) is 12.5 Å². The summed E-state index contributed by atoms with van der Waals surface area (Å²) in [6.07, 6.45) is 12.2. The molecule has 57 heavy (non-hydrogen) atoms. The normalized spacial score (nSPS) is 12.1. The standard InChI is InChI=1S/C52H35N3O2/c1-2-3-4-5-7-13-34-20-22-35(23-21-34)39-28-30-43-48(33-39)57-47-19-12-17-41(49(43)47)36-24-26-38(27-25-36)51-53-50(37-14-8-6-9-15-37)54-52(55-51)40-29-31-46-44(32-40)42-16-10-11-18-45(42)56-46/h2-33H,1H3/b3-2-,5-4-,13-7+. The van der Waals surface area contributed by atoms with Crippen LogP contribution < -0.4 is 0 Å². The Hall–Kier alpha value is -7.63. The Balaban J connectivity index is 0.991. The number of hydrogen-bond donors (Lipinski definition) is 0. The first-order valence-corrected chi connectivity index (χ1v) is 19.0. The van der Waals surface area contributed by atoms with Crippen LogP contribution in [0.5, 0.6) is 0 Å². The summed E-state index contributed by atoms with van der Waals surface area (Å²) in [6, 6.07) is 54.1. The van der Waals surface area contributed by atoms with Crippen LogP contribution in [0.4, 0.5) is 0 Å². The number of hydrogen-bond acceptors (Lipinski definition) is 5. The van der Waals surface area contributed by atoms with E-state index in [0.29, 0.717) is 17.5 Å². The van der Waals surface area contributed by atoms with Crippen molar-refractivity contribution in [3.8, 4) is 56.4 Å². The molecule has 0 atom stereocenters. The number of rotatable bonds is 8. The minimum atomic E-state index is 0.602. The number of para-hydroxylation sites is 1. The van der Waals surface area contributed by atoms with Crippen LogP contribution in [-0.2, 0) is 0 Å². The van der Waals surface area contributed by atoms with Crippen molar-refractivity contribution < 1.29 is 8.83 Å². The third-order valence-corrected chi connectivity index (χ3v) is 10.3. The van der Waals surface area contributed by atoms with Gasteiger partial charge in [0.25, 0.3) is 0 Å². The van der Waals surface area contributed by atoms with Crippen molar-refractivity contribution in [2.45, 2.75) is 6.92 Å². The van der Waals surface area contributed by atoms with E-state index in [4.69, 9.17) is 23.8 Å². The number of nitrogens with zero attached hydrogens (tertiary/aromatic N) is 3. The fourth-order valence-electron chi connectivity index (χ4n) is 7.45. The first-order valence-electron chi connectivity index (χ1n) is 19.0. The quantitative estimate of drug-likeness (QED) is 0.146. The highest BCUT2D eigenvalue weighted by atomic mass is 16.3. The molecule has 0 aliphatic carbocycles. The number of aromatic nitrogens is 3. The maximum absolute atomic E-state index is 6.48. The summed E-state index contributed by atoms with van der Waals surface area (Å²) in [5.74, 6) is 1.82. The highest BCUT2D eigenvalue weighted by Gasteiger charge is 2.17. The Morgan fingerprint density at radius 3 is 1.81 bits per heavy atom. The summed E-state index contributed by atoms with van der Waals surface area (Å²) in [6.45, 7) is 2.01. The zero-order valence-electron chi connectivity index (χ0n) is 31.1. The topological polar surface area (TPSA) is 65.0 Å². The summed E-state index contributed by atoms with van der Waals surface area (Å²) in [7, 11) is 0. The smallest absolute Gasteiger partial charge is 0.164 e. The third kappa shape index (κ3) is 6.51. The minimum absolute atomic E-state index is 0.602. The zero-order chi connectivity index (χ0) is 38.1. The van der Waals surface area contributed by atoms with Gasteiger partial charge in [-0.1, -0.05) is 152 Å². The molecule has 3 heterocycles. The van der Waals surface area contributed by atoms with Gasteiger partial charge in [0, 0.05) is 38.2 Å². The van der Waals surface area contributed by atoms with Gasteiger partial charge in [0.2, 0.25) is 0 Å². The van der Waals surface area contributed by atoms with E-state index < -0.39 is 0 Å². The average molecular weight is 734 g/mol. The zero-order valence-corrected chi connectivity index (χ0v) is 31.1. The lowest BCUT2D eigenvalue weighted by Gasteiger charge is -2.10. The van der Waals surface area contributed by atoms with E-state index in [9.17, 15) is 0 Å². The van der Waals surface area contributed by atoms with Crippen molar-refractivity contribution in [3.05, 3.63) is 194 Å². The monoisotopic (exact) mass is 733 g/mol. The molecule has 0 saturated heterocycles. The van der Waals surface area contributed by atoms with Gasteiger partial charge in [-0.15, -0.1) is 0 Å². The van der Waals surface area contributed by atoms with E-state index in [1.54, 1.807) is 0 Å². The molecular weight excluding hydrogens is 699 g/mol. The van der Waals surface area contributed by atoms with Crippen molar-refractivity contribution in [1.82, 2.24) is 15.0 Å². The Morgan fingerprint density at radius 2 is 1.00 bits per heavy atom. The lowest BCUT2D eigenvalue weighted by atomic mass is 9.97. The van der Waals surface area contributed by atoms with Gasteiger partial charge in [-0.05, 0) is 77.2 Å². The molecule has 0 spiro atoms. The molecule has 0 bridgehead atoms. The second-order valence-corrected chi connectivity index (χ2v) is 13.9. The largest absolute Gasteiger partial charge is 0.456 e. The Labute approximate surface area is 329 Å². The van der Waals surface area contributed by atoms with Crippen LogP contribution in [0.2, 0.25) is 0 Å². The Kier molecular flexibility index (Phi) is 8.65. The van der Waals surface area contributed by atoms with E-state index in [1.165, 1.54) is 0 Å². The number of benzene rings is 7. The van der Waals surface area contributed by atoms with Gasteiger partial charge in [0.1, 0.15) is 22.3 Å². The summed E-state index contributed by atoms with van der Waals surface area (Å²) < 4.78 is 12.6. The SMILES string of the molecule is C\C=C/C=C\C=C\c1ccc(-c2ccc3c(c2)oc2cccc(-c4ccc(-c5nc(-c6ccccc6)nc(-c6ccc7oc8ccccc8c7c6)n5)cc4)c23)cc1. The van der Waals surface area contributed by atoms with E-state index in [2.05, 4.69) is 103 Å². The summed E-state index contributed by atoms with van der Waals surface area (Å²) >= 11 is 0. The van der Waals surface area contributed by atoms with Gasteiger partial charge in [0.15, 0.2) is 17.5 Å². The fraction of sp³-hybridized carbons (Fsp3) is 0.0192. The van der Waals surface area contributed by atoms with Crippen molar-refractivity contribution >= 4 is 50.0 Å². The van der Waals surface area contributed by atoms with Crippen LogP contribution >= 0.6 is 0 Å². The van der Waals surface area contributed by atoms with Crippen molar-refractivity contribution in [2.24, 2.45) is 0 Å². The van der Waals surface area contributed by atoms with E-state index in [0.717, 1.165) is 88.4 Å². The average Bonchev–Trinajstić information content (AvgIpc) is 3.84. The summed E-state index contributed by atoms with van der Waals surface area (Å²) in [5, 5.41) is 4.26. The number of furan rings is 2. The second kappa shape index (κ2) is 14.5. The van der Waals surface area contributed by atoms with Crippen molar-refractivity contribution in [1.29, 1.82) is 0 Å². The maximum Gasteiger partial charge on any atom is 0.164 e. The van der Waals surface area contributed by atoms with Crippen molar-refractivity contribution in [2.75, 3.05) is 0 Å². The van der Waals surface area contributed by atoms with Crippen LogP contribution in [0.3, 0.4) is 0 Å². The van der Waals surface area contributed by atoms with E-state index in [1.807, 2.05) is 98.0 Å². The highest BCUT2D eigenvalue weighted by Crippen LogP contribution is 2.39. The molecule has 0 N–H and O–H groups in total. The molecule has 0 saturated carbocycles. The van der Waals surface area contributed by atoms with Gasteiger partial charge in [0.05, 0.1) is 0 Å². The maximum atomic E-state index is 6.48. The molecule has 0 aliphatic heterocycles. The van der Waals surface area contributed by atoms with Gasteiger partial charge in [-0.25, -0.2) is 15.0 Å². The van der Waals surface area contributed by atoms with E-state index >= 15 is 0 Å². The first kappa shape index (κ1) is 33.9. The molecule has 3 aromatic heterocycles. The highest BCUT2D eigenvalue weighted by molar-refractivity contribution is 6.13. The third-order valence-electron chi connectivity index (χ3n) is 10.3. The fourth-order valence-corrected chi connectivity index (χ4v) is 7.45. The van der Waals surface area contributed by atoms with Crippen LogP contribution in [0, 0.1) is 0 Å². The molecule has 5 nitrogen and oxygen atoms in total. The van der Waals surface area contributed by atoms with Crippen LogP contribution in [0.25, 0.3) is 106 Å². The molecule has 10 rings (SSSR count). The molecule has 0 unspecified atom stereocenters.